The van der Waals surface area contributed by atoms with Gasteiger partial charge in [-0.1, -0.05) is 124 Å². The zero-order chi connectivity index (χ0) is 21.6. The lowest BCUT2D eigenvalue weighted by atomic mass is 10.0. The van der Waals surface area contributed by atoms with E-state index in [1.807, 2.05) is 0 Å². The lowest BCUT2D eigenvalue weighted by Gasteiger charge is -2.06. The van der Waals surface area contributed by atoms with Gasteiger partial charge in [0.2, 0.25) is 5.78 Å². The van der Waals surface area contributed by atoms with Crippen molar-refractivity contribution in [2.75, 3.05) is 6.61 Å². The van der Waals surface area contributed by atoms with Gasteiger partial charge in [0.15, 0.2) is 0 Å². The number of carbonyl (C=O) groups is 2. The molecule has 0 unspecified atom stereocenters. The molecule has 0 spiro atoms. The average molecular weight is 411 g/mol. The smallest absolute Gasteiger partial charge is 0.374 e. The van der Waals surface area contributed by atoms with E-state index in [1.165, 1.54) is 89.9 Å². The van der Waals surface area contributed by atoms with Crippen molar-refractivity contribution in [2.24, 2.45) is 5.92 Å². The average Bonchev–Trinajstić information content (AvgIpc) is 2.70. The second-order valence-corrected chi connectivity index (χ2v) is 9.15. The molecule has 172 valence electrons. The van der Waals surface area contributed by atoms with Gasteiger partial charge >= 0.3 is 5.97 Å². The van der Waals surface area contributed by atoms with Gasteiger partial charge in [0.05, 0.1) is 6.61 Å². The summed E-state index contributed by atoms with van der Waals surface area (Å²) in [4.78, 5) is 23.5. The number of Topliss-reactive ketones (excluding diaryl/α,β-unsaturated/α-hetero) is 1. The van der Waals surface area contributed by atoms with Crippen LogP contribution in [0.5, 0.6) is 0 Å². The van der Waals surface area contributed by atoms with Crippen LogP contribution < -0.4 is 0 Å². The molecule has 0 amide bonds. The van der Waals surface area contributed by atoms with Gasteiger partial charge in [0, 0.05) is 6.42 Å². The van der Waals surface area contributed by atoms with E-state index < -0.39 is 5.97 Å². The molecular weight excluding hydrogens is 360 g/mol. The van der Waals surface area contributed by atoms with Crippen LogP contribution in [0.15, 0.2) is 0 Å². The van der Waals surface area contributed by atoms with Gasteiger partial charge in [0.1, 0.15) is 0 Å². The fraction of sp³-hybridized carbons (Fsp3) is 0.923. The normalized spacial score (nSPS) is 11.2. The second-order valence-electron chi connectivity index (χ2n) is 9.15. The van der Waals surface area contributed by atoms with Crippen LogP contribution in [0.4, 0.5) is 0 Å². The van der Waals surface area contributed by atoms with Crippen LogP contribution in [0, 0.1) is 5.92 Å². The molecule has 29 heavy (non-hydrogen) atoms. The van der Waals surface area contributed by atoms with Gasteiger partial charge in [-0.3, -0.25) is 4.79 Å². The van der Waals surface area contributed by atoms with E-state index in [2.05, 4.69) is 20.8 Å². The van der Waals surface area contributed by atoms with Crippen LogP contribution in [-0.4, -0.2) is 18.4 Å². The Morgan fingerprint density at radius 1 is 0.621 bits per heavy atom. The van der Waals surface area contributed by atoms with E-state index in [0.29, 0.717) is 13.0 Å². The molecule has 0 fully saturated rings. The summed E-state index contributed by atoms with van der Waals surface area (Å²) in [5.74, 6) is -0.237. The van der Waals surface area contributed by atoms with Crippen molar-refractivity contribution in [1.29, 1.82) is 0 Å². The van der Waals surface area contributed by atoms with E-state index >= 15 is 0 Å². The molecule has 0 saturated carbocycles. The van der Waals surface area contributed by atoms with Crippen molar-refractivity contribution < 1.29 is 14.3 Å². The molecule has 0 aliphatic rings. The molecule has 3 nitrogen and oxygen atoms in total. The molecule has 0 aliphatic carbocycles. The SMILES string of the molecule is CCCCCCCCCCCCCCCCC(=O)C(=O)OCCCCCC(C)C. The topological polar surface area (TPSA) is 43.4 Å². The molecule has 0 aromatic carbocycles. The van der Waals surface area contributed by atoms with E-state index in [1.54, 1.807) is 0 Å². The van der Waals surface area contributed by atoms with Crippen LogP contribution in [0.2, 0.25) is 0 Å². The highest BCUT2D eigenvalue weighted by Crippen LogP contribution is 2.13. The molecule has 3 heteroatoms. The standard InChI is InChI=1S/C26H50O3/c1-4-5-6-7-8-9-10-11-12-13-14-15-16-19-22-25(27)26(28)29-23-20-17-18-21-24(2)3/h24H,4-23H2,1-3H3. The number of carbonyl (C=O) groups excluding carboxylic acids is 2. The van der Waals surface area contributed by atoms with Crippen molar-refractivity contribution in [2.45, 2.75) is 143 Å². The fourth-order valence-corrected chi connectivity index (χ4v) is 3.66. The Morgan fingerprint density at radius 3 is 1.55 bits per heavy atom. The Hall–Kier alpha value is -0.860. The van der Waals surface area contributed by atoms with E-state index in [9.17, 15) is 9.59 Å². The maximum Gasteiger partial charge on any atom is 0.374 e. The summed E-state index contributed by atoms with van der Waals surface area (Å²) in [6.07, 6.45) is 22.7. The Labute approximate surface area is 181 Å². The highest BCUT2D eigenvalue weighted by atomic mass is 16.5. The van der Waals surface area contributed by atoms with Crippen molar-refractivity contribution in [3.8, 4) is 0 Å². The summed E-state index contributed by atoms with van der Waals surface area (Å²) in [5, 5.41) is 0. The molecule has 0 radical (unpaired) electrons. The maximum absolute atomic E-state index is 11.8. The van der Waals surface area contributed by atoms with Crippen LogP contribution in [0.1, 0.15) is 143 Å². The van der Waals surface area contributed by atoms with Crippen LogP contribution >= 0.6 is 0 Å². The molecule has 0 saturated heterocycles. The first kappa shape index (κ1) is 28.1. The molecule has 0 N–H and O–H groups in total. The first-order chi connectivity index (χ1) is 14.1. The minimum atomic E-state index is -0.622. The van der Waals surface area contributed by atoms with Crippen molar-refractivity contribution in [3.05, 3.63) is 0 Å². The van der Waals surface area contributed by atoms with Crippen LogP contribution in [0.25, 0.3) is 0 Å². The van der Waals surface area contributed by atoms with E-state index in [4.69, 9.17) is 4.74 Å². The lowest BCUT2D eigenvalue weighted by Crippen LogP contribution is -2.17. The number of unbranched alkanes of at least 4 members (excludes halogenated alkanes) is 15. The summed E-state index contributed by atoms with van der Waals surface area (Å²) in [6, 6.07) is 0. The number of hydrogen-bond acceptors (Lipinski definition) is 3. The third-order valence-electron chi connectivity index (χ3n) is 5.64. The number of hydrogen-bond donors (Lipinski definition) is 0. The number of esters is 1. The zero-order valence-electron chi connectivity index (χ0n) is 19.9. The molecule has 0 rings (SSSR count). The molecule has 0 heterocycles. The Bertz CT molecular complexity index is 376. The highest BCUT2D eigenvalue weighted by Gasteiger charge is 2.14. The predicted molar refractivity (Wildman–Crippen MR) is 124 cm³/mol. The zero-order valence-corrected chi connectivity index (χ0v) is 19.9. The maximum atomic E-state index is 11.8. The van der Waals surface area contributed by atoms with Gasteiger partial charge in [0.25, 0.3) is 0 Å². The van der Waals surface area contributed by atoms with E-state index in [-0.39, 0.29) is 5.78 Å². The summed E-state index contributed by atoms with van der Waals surface area (Å²) in [7, 11) is 0. The van der Waals surface area contributed by atoms with Crippen molar-refractivity contribution >= 4 is 11.8 Å². The van der Waals surface area contributed by atoms with Crippen molar-refractivity contribution in [1.82, 2.24) is 0 Å². The van der Waals surface area contributed by atoms with Crippen molar-refractivity contribution in [3.63, 3.8) is 0 Å². The lowest BCUT2D eigenvalue weighted by molar-refractivity contribution is -0.154. The Kier molecular flexibility index (Phi) is 21.2. The summed E-state index contributed by atoms with van der Waals surface area (Å²) in [5.41, 5.74) is 0. The first-order valence-corrected chi connectivity index (χ1v) is 12.8. The predicted octanol–water partition coefficient (Wildman–Crippen LogP) is 8.19. The summed E-state index contributed by atoms with van der Waals surface area (Å²) < 4.78 is 5.09. The van der Waals surface area contributed by atoms with Gasteiger partial charge < -0.3 is 4.74 Å². The third kappa shape index (κ3) is 21.7. The highest BCUT2D eigenvalue weighted by molar-refractivity contribution is 6.33. The summed E-state index contributed by atoms with van der Waals surface area (Å²) >= 11 is 0. The van der Waals surface area contributed by atoms with Gasteiger partial charge in [-0.2, -0.15) is 0 Å². The minimum absolute atomic E-state index is 0.342. The molecule has 0 aromatic rings. The Balaban J connectivity index is 3.31. The number of ketones is 1. The van der Waals surface area contributed by atoms with E-state index in [0.717, 1.165) is 31.6 Å². The van der Waals surface area contributed by atoms with Gasteiger partial charge in [-0.25, -0.2) is 4.79 Å². The van der Waals surface area contributed by atoms with Crippen LogP contribution in [-0.2, 0) is 14.3 Å². The first-order valence-electron chi connectivity index (χ1n) is 12.8. The largest absolute Gasteiger partial charge is 0.460 e. The monoisotopic (exact) mass is 410 g/mol. The van der Waals surface area contributed by atoms with Gasteiger partial charge in [-0.05, 0) is 18.8 Å². The minimum Gasteiger partial charge on any atom is -0.460 e. The third-order valence-corrected chi connectivity index (χ3v) is 5.64. The molecular formula is C26H50O3. The van der Waals surface area contributed by atoms with Gasteiger partial charge in [-0.15, -0.1) is 0 Å². The fourth-order valence-electron chi connectivity index (χ4n) is 3.66. The molecule has 0 atom stereocenters. The molecule has 0 bridgehead atoms. The number of ether oxygens (including phenoxy) is 1. The summed E-state index contributed by atoms with van der Waals surface area (Å²) in [6.45, 7) is 7.09. The molecule has 0 aliphatic heterocycles. The number of rotatable bonds is 22. The molecule has 0 aromatic heterocycles. The Morgan fingerprint density at radius 2 is 1.07 bits per heavy atom. The van der Waals surface area contributed by atoms with Crippen LogP contribution in [0.3, 0.4) is 0 Å². The quantitative estimate of drug-likeness (QED) is 0.103. The second kappa shape index (κ2) is 21.8.